The summed E-state index contributed by atoms with van der Waals surface area (Å²) in [6, 6.07) is 17.1. The summed E-state index contributed by atoms with van der Waals surface area (Å²) < 4.78 is 10.7. The number of nitrogens with zero attached hydrogens (tertiary/aromatic N) is 2. The molecule has 4 rings (SSSR count). The second kappa shape index (κ2) is 10.9. The number of benzene rings is 2. The Kier molecular flexibility index (Phi) is 7.44. The minimum Gasteiger partial charge on any atom is -0.507 e. The second-order valence-electron chi connectivity index (χ2n) is 8.07. The van der Waals surface area contributed by atoms with Crippen molar-refractivity contribution in [3.63, 3.8) is 0 Å². The first kappa shape index (κ1) is 24.7. The van der Waals surface area contributed by atoms with Crippen LogP contribution >= 0.6 is 0 Å². The van der Waals surface area contributed by atoms with Crippen LogP contribution in [0.2, 0.25) is 0 Å². The molecule has 0 radical (unpaired) electrons. The summed E-state index contributed by atoms with van der Waals surface area (Å²) in [6.45, 7) is 4.42. The van der Waals surface area contributed by atoms with E-state index in [0.717, 1.165) is 0 Å². The van der Waals surface area contributed by atoms with Crippen molar-refractivity contribution in [3.05, 3.63) is 95.3 Å². The summed E-state index contributed by atoms with van der Waals surface area (Å²) in [7, 11) is 0. The average molecular weight is 487 g/mol. The van der Waals surface area contributed by atoms with Gasteiger partial charge >= 0.3 is 5.97 Å². The van der Waals surface area contributed by atoms with E-state index in [0.29, 0.717) is 35.7 Å². The molecule has 0 aliphatic carbocycles. The number of aliphatic hydroxyl groups excluding tert-OH is 1. The number of ketones is 1. The van der Waals surface area contributed by atoms with E-state index in [2.05, 4.69) is 4.98 Å². The zero-order valence-corrected chi connectivity index (χ0v) is 20.0. The Morgan fingerprint density at radius 3 is 2.50 bits per heavy atom. The molecule has 8 heteroatoms. The minimum absolute atomic E-state index is 0.105. The third-order valence-electron chi connectivity index (χ3n) is 5.63. The third-order valence-corrected chi connectivity index (χ3v) is 5.63. The van der Waals surface area contributed by atoms with Gasteiger partial charge in [-0.15, -0.1) is 0 Å². The largest absolute Gasteiger partial charge is 0.507 e. The first-order chi connectivity index (χ1) is 17.5. The van der Waals surface area contributed by atoms with Gasteiger partial charge in [0, 0.05) is 17.4 Å². The number of aliphatic hydroxyl groups is 1. The van der Waals surface area contributed by atoms with Crippen LogP contribution in [0.1, 0.15) is 47.9 Å². The van der Waals surface area contributed by atoms with Gasteiger partial charge in [0.15, 0.2) is 0 Å². The monoisotopic (exact) mass is 486 g/mol. The molecule has 184 valence electrons. The van der Waals surface area contributed by atoms with Gasteiger partial charge in [0.25, 0.3) is 11.7 Å². The van der Waals surface area contributed by atoms with E-state index < -0.39 is 23.7 Å². The van der Waals surface area contributed by atoms with Crippen LogP contribution in [0.4, 0.5) is 5.69 Å². The average Bonchev–Trinajstić information content (AvgIpc) is 3.18. The van der Waals surface area contributed by atoms with Crippen molar-refractivity contribution >= 4 is 29.1 Å². The van der Waals surface area contributed by atoms with E-state index >= 15 is 0 Å². The molecule has 36 heavy (non-hydrogen) atoms. The van der Waals surface area contributed by atoms with Crippen LogP contribution < -0.4 is 9.64 Å². The van der Waals surface area contributed by atoms with Crippen molar-refractivity contribution < 1.29 is 29.0 Å². The number of hydrogen-bond acceptors (Lipinski definition) is 7. The molecule has 1 atom stereocenters. The quantitative estimate of drug-likeness (QED) is 0.213. The number of rotatable bonds is 8. The molecule has 1 amide bonds. The molecule has 3 aromatic rings. The Morgan fingerprint density at radius 1 is 1.00 bits per heavy atom. The lowest BCUT2D eigenvalue weighted by Crippen LogP contribution is -2.30. The fourth-order valence-electron chi connectivity index (χ4n) is 4.03. The molecular weight excluding hydrogens is 460 g/mol. The highest BCUT2D eigenvalue weighted by molar-refractivity contribution is 6.51. The number of pyridine rings is 1. The van der Waals surface area contributed by atoms with Crippen molar-refractivity contribution in [2.24, 2.45) is 0 Å². The van der Waals surface area contributed by atoms with Gasteiger partial charge in [-0.25, -0.2) is 4.79 Å². The highest BCUT2D eigenvalue weighted by Crippen LogP contribution is 2.41. The molecule has 1 unspecified atom stereocenters. The van der Waals surface area contributed by atoms with Gasteiger partial charge in [0.2, 0.25) is 0 Å². The Hall–Kier alpha value is -4.46. The predicted molar refractivity (Wildman–Crippen MR) is 134 cm³/mol. The van der Waals surface area contributed by atoms with E-state index in [-0.39, 0.29) is 23.5 Å². The van der Waals surface area contributed by atoms with Gasteiger partial charge in [-0.2, -0.15) is 0 Å². The summed E-state index contributed by atoms with van der Waals surface area (Å²) >= 11 is 0. The molecule has 1 fully saturated rings. The van der Waals surface area contributed by atoms with Crippen LogP contribution in [0.25, 0.3) is 5.76 Å². The molecule has 1 aliphatic rings. The number of carbonyl (C=O) groups is 3. The fraction of sp³-hybridized carbons (Fsp3) is 0.214. The number of hydrogen-bond donors (Lipinski definition) is 1. The van der Waals surface area contributed by atoms with Gasteiger partial charge in [0.05, 0.1) is 30.0 Å². The van der Waals surface area contributed by atoms with E-state index in [1.165, 1.54) is 11.0 Å². The molecule has 0 saturated carbocycles. The second-order valence-corrected chi connectivity index (χ2v) is 8.07. The number of carbonyl (C=O) groups excluding carboxylic acids is 3. The van der Waals surface area contributed by atoms with Crippen molar-refractivity contribution in [1.82, 2.24) is 4.98 Å². The molecule has 1 aliphatic heterocycles. The van der Waals surface area contributed by atoms with Gasteiger partial charge in [-0.1, -0.05) is 31.2 Å². The van der Waals surface area contributed by atoms with E-state index in [9.17, 15) is 19.5 Å². The van der Waals surface area contributed by atoms with Gasteiger partial charge in [-0.05, 0) is 55.8 Å². The van der Waals surface area contributed by atoms with E-state index in [1.54, 1.807) is 66.9 Å². The van der Waals surface area contributed by atoms with Crippen molar-refractivity contribution in [2.45, 2.75) is 26.3 Å². The maximum absolute atomic E-state index is 13.3. The SMILES string of the molecule is CCCOC(=O)c1cccc(N2C(=O)C(=O)/C(=C(/O)c3cccc(OCC)c3)C2c2ccccn2)c1. The van der Waals surface area contributed by atoms with Crippen molar-refractivity contribution in [3.8, 4) is 5.75 Å². The van der Waals surface area contributed by atoms with Crippen LogP contribution in [0, 0.1) is 0 Å². The lowest BCUT2D eigenvalue weighted by molar-refractivity contribution is -0.132. The number of esters is 1. The summed E-state index contributed by atoms with van der Waals surface area (Å²) in [4.78, 5) is 44.7. The molecule has 1 saturated heterocycles. The normalized spacial score (nSPS) is 16.7. The molecule has 2 heterocycles. The Bertz CT molecular complexity index is 1320. The molecule has 1 aromatic heterocycles. The van der Waals surface area contributed by atoms with E-state index in [4.69, 9.17) is 9.47 Å². The summed E-state index contributed by atoms with van der Waals surface area (Å²) in [5.74, 6) is -2.05. The van der Waals surface area contributed by atoms with Gasteiger partial charge in [0.1, 0.15) is 17.6 Å². The van der Waals surface area contributed by atoms with Crippen molar-refractivity contribution in [2.75, 3.05) is 18.1 Å². The first-order valence-electron chi connectivity index (χ1n) is 11.7. The molecule has 2 aromatic carbocycles. The third kappa shape index (κ3) is 4.84. The smallest absolute Gasteiger partial charge is 0.338 e. The minimum atomic E-state index is -1.01. The standard InChI is InChI=1S/C28H26N2O6/c1-3-15-36-28(34)19-10-7-11-20(16-19)30-24(22-13-5-6-14-29-22)23(26(32)27(30)33)25(31)18-9-8-12-21(17-18)35-4-2/h5-14,16-17,24,31H,3-4,15H2,1-2H3/b25-23+. The summed E-state index contributed by atoms with van der Waals surface area (Å²) in [5.41, 5.74) is 1.16. The lowest BCUT2D eigenvalue weighted by atomic mass is 9.98. The van der Waals surface area contributed by atoms with E-state index in [1.807, 2.05) is 13.8 Å². The maximum Gasteiger partial charge on any atom is 0.338 e. The summed E-state index contributed by atoms with van der Waals surface area (Å²) in [5, 5.41) is 11.3. The van der Waals surface area contributed by atoms with Gasteiger partial charge < -0.3 is 14.6 Å². The number of ether oxygens (including phenoxy) is 2. The first-order valence-corrected chi connectivity index (χ1v) is 11.7. The highest BCUT2D eigenvalue weighted by Gasteiger charge is 2.47. The van der Waals surface area contributed by atoms with Crippen LogP contribution in [0.3, 0.4) is 0 Å². The van der Waals surface area contributed by atoms with Crippen LogP contribution in [-0.2, 0) is 14.3 Å². The highest BCUT2D eigenvalue weighted by atomic mass is 16.5. The fourth-order valence-corrected chi connectivity index (χ4v) is 4.03. The molecule has 0 spiro atoms. The lowest BCUT2D eigenvalue weighted by Gasteiger charge is -2.25. The number of Topliss-reactive ketones (excluding diaryl/α,β-unsaturated/α-hetero) is 1. The number of anilines is 1. The van der Waals surface area contributed by atoms with Crippen LogP contribution in [-0.4, -0.2) is 41.0 Å². The number of amides is 1. The molecular formula is C28H26N2O6. The molecule has 1 N–H and O–H groups in total. The Balaban J connectivity index is 1.85. The zero-order valence-electron chi connectivity index (χ0n) is 20.0. The number of aromatic nitrogens is 1. The van der Waals surface area contributed by atoms with Crippen molar-refractivity contribution in [1.29, 1.82) is 0 Å². The predicted octanol–water partition coefficient (Wildman–Crippen LogP) is 4.67. The van der Waals surface area contributed by atoms with Crippen LogP contribution in [0.15, 0.2) is 78.5 Å². The Morgan fingerprint density at radius 2 is 1.78 bits per heavy atom. The van der Waals surface area contributed by atoms with Gasteiger partial charge in [-0.3, -0.25) is 19.5 Å². The maximum atomic E-state index is 13.3. The summed E-state index contributed by atoms with van der Waals surface area (Å²) in [6.07, 6.45) is 2.22. The Labute approximate surface area is 208 Å². The van der Waals surface area contributed by atoms with Crippen LogP contribution in [0.5, 0.6) is 5.75 Å². The topological polar surface area (TPSA) is 106 Å². The molecule has 0 bridgehead atoms. The zero-order chi connectivity index (χ0) is 25.7. The molecule has 8 nitrogen and oxygen atoms in total.